The monoisotopic (exact) mass is 306 g/mol. The van der Waals surface area contributed by atoms with Gasteiger partial charge >= 0.3 is 14.1 Å². The van der Waals surface area contributed by atoms with Crippen LogP contribution in [0.2, 0.25) is 0 Å². The molecular formula is C15H17NO4P+. The lowest BCUT2D eigenvalue weighted by atomic mass is 10.1. The molecule has 0 aliphatic carbocycles. The van der Waals surface area contributed by atoms with Gasteiger partial charge in [-0.1, -0.05) is 41.5 Å². The van der Waals surface area contributed by atoms with Crippen molar-refractivity contribution in [2.24, 2.45) is 0 Å². The van der Waals surface area contributed by atoms with Crippen molar-refractivity contribution in [3.63, 3.8) is 0 Å². The van der Waals surface area contributed by atoms with Crippen molar-refractivity contribution in [2.45, 2.75) is 19.9 Å². The molecule has 0 radical (unpaired) electrons. The second kappa shape index (κ2) is 7.16. The highest BCUT2D eigenvalue weighted by molar-refractivity contribution is 7.37. The minimum atomic E-state index is -2.21. The molecule has 0 saturated heterocycles. The molecule has 0 fully saturated rings. The maximum absolute atomic E-state index is 12.0. The van der Waals surface area contributed by atoms with E-state index in [1.807, 2.05) is 36.4 Å². The Morgan fingerprint density at radius 1 is 1.24 bits per heavy atom. The van der Waals surface area contributed by atoms with Crippen LogP contribution in [0.3, 0.4) is 0 Å². The van der Waals surface area contributed by atoms with Gasteiger partial charge in [0.05, 0.1) is 6.61 Å². The maximum atomic E-state index is 12.0. The van der Waals surface area contributed by atoms with Gasteiger partial charge in [0.15, 0.2) is 5.75 Å². The summed E-state index contributed by atoms with van der Waals surface area (Å²) in [5.74, 6) is 0.0557. The number of ether oxygens (including phenoxy) is 1. The molecule has 0 spiro atoms. The zero-order chi connectivity index (χ0) is 15.2. The molecule has 2 rings (SSSR count). The van der Waals surface area contributed by atoms with E-state index in [2.05, 4.69) is 5.09 Å². The van der Waals surface area contributed by atoms with Crippen molar-refractivity contribution in [2.75, 3.05) is 6.61 Å². The van der Waals surface area contributed by atoms with Gasteiger partial charge in [-0.15, -0.1) is 0 Å². The molecule has 21 heavy (non-hydrogen) atoms. The van der Waals surface area contributed by atoms with E-state index in [4.69, 9.17) is 9.26 Å². The summed E-state index contributed by atoms with van der Waals surface area (Å²) >= 11 is 0. The van der Waals surface area contributed by atoms with Gasteiger partial charge in [0.1, 0.15) is 6.04 Å². The van der Waals surface area contributed by atoms with Crippen molar-refractivity contribution in [3.8, 4) is 5.75 Å². The van der Waals surface area contributed by atoms with Crippen LogP contribution < -0.4 is 9.61 Å². The first-order chi connectivity index (χ1) is 10.1. The van der Waals surface area contributed by atoms with Crippen molar-refractivity contribution in [3.05, 3.63) is 42.5 Å². The highest BCUT2D eigenvalue weighted by Gasteiger charge is 2.28. The predicted octanol–water partition coefficient (Wildman–Crippen LogP) is 3.42. The fourth-order valence-electron chi connectivity index (χ4n) is 1.87. The van der Waals surface area contributed by atoms with E-state index in [-0.39, 0.29) is 6.61 Å². The molecule has 0 bridgehead atoms. The Bertz CT molecular complexity index is 654. The van der Waals surface area contributed by atoms with Crippen molar-refractivity contribution < 1.29 is 18.6 Å². The third kappa shape index (κ3) is 4.00. The molecule has 110 valence electrons. The Kier molecular flexibility index (Phi) is 5.26. The summed E-state index contributed by atoms with van der Waals surface area (Å²) in [5, 5.41) is 4.46. The molecule has 0 heterocycles. The van der Waals surface area contributed by atoms with Gasteiger partial charge in [0, 0.05) is 9.95 Å². The number of carbonyl (C=O) groups is 1. The molecule has 1 unspecified atom stereocenters. The summed E-state index contributed by atoms with van der Waals surface area (Å²) in [7, 11) is -2.21. The minimum absolute atomic E-state index is 0.284. The SMILES string of the molecule is CCOC(=O)[C@H](C)N[P+](=O)Oc1cccc2ccccc12. The average Bonchev–Trinajstić information content (AvgIpc) is 2.47. The summed E-state index contributed by atoms with van der Waals surface area (Å²) in [5.41, 5.74) is 0. The normalized spacial score (nSPS) is 12.8. The van der Waals surface area contributed by atoms with E-state index in [0.29, 0.717) is 5.75 Å². The molecule has 0 aliphatic rings. The van der Waals surface area contributed by atoms with Gasteiger partial charge < -0.3 is 4.74 Å². The van der Waals surface area contributed by atoms with E-state index in [9.17, 15) is 9.36 Å². The van der Waals surface area contributed by atoms with Gasteiger partial charge in [-0.25, -0.2) is 4.52 Å². The van der Waals surface area contributed by atoms with Gasteiger partial charge in [0.25, 0.3) is 0 Å². The molecule has 6 heteroatoms. The van der Waals surface area contributed by atoms with Crippen LogP contribution in [0, 0.1) is 0 Å². The maximum Gasteiger partial charge on any atom is 0.664 e. The van der Waals surface area contributed by atoms with Crippen LogP contribution in [-0.4, -0.2) is 18.6 Å². The Hall–Kier alpha value is -1.97. The van der Waals surface area contributed by atoms with Gasteiger partial charge in [-0.2, -0.15) is 0 Å². The summed E-state index contributed by atoms with van der Waals surface area (Å²) in [6.45, 7) is 3.58. The molecule has 2 aromatic rings. The summed E-state index contributed by atoms with van der Waals surface area (Å²) in [4.78, 5) is 11.5. The Morgan fingerprint density at radius 2 is 1.95 bits per heavy atom. The third-order valence-corrected chi connectivity index (χ3v) is 3.83. The van der Waals surface area contributed by atoms with Crippen LogP contribution in [0.15, 0.2) is 42.5 Å². The standard InChI is InChI=1S/C15H17NO4P/c1-3-19-15(17)11(2)16-21(18)20-14-10-6-8-12-7-4-5-9-13(12)14/h4-11H,3H2,1-2H3,(H,16,18)/q+1/t11-/m0/s1. The van der Waals surface area contributed by atoms with Crippen LogP contribution in [0.1, 0.15) is 13.8 Å². The highest BCUT2D eigenvalue weighted by Crippen LogP contribution is 2.31. The number of nitrogens with one attached hydrogen (secondary N) is 1. The third-order valence-electron chi connectivity index (χ3n) is 2.87. The van der Waals surface area contributed by atoms with E-state index in [0.717, 1.165) is 10.8 Å². The van der Waals surface area contributed by atoms with Crippen molar-refractivity contribution in [1.29, 1.82) is 0 Å². The Balaban J connectivity index is 2.06. The fraction of sp³-hybridized carbons (Fsp3) is 0.267. The lowest BCUT2D eigenvalue weighted by molar-refractivity contribution is -0.144. The van der Waals surface area contributed by atoms with Gasteiger partial charge in [0.2, 0.25) is 0 Å². The first-order valence-electron chi connectivity index (χ1n) is 6.67. The van der Waals surface area contributed by atoms with Crippen LogP contribution in [-0.2, 0) is 14.1 Å². The molecule has 2 aromatic carbocycles. The topological polar surface area (TPSA) is 64.6 Å². The predicted molar refractivity (Wildman–Crippen MR) is 81.4 cm³/mol. The first-order valence-corrected chi connectivity index (χ1v) is 7.85. The number of esters is 1. The first kappa shape index (κ1) is 15.4. The molecule has 1 N–H and O–H groups in total. The fourth-order valence-corrected chi connectivity index (χ4v) is 2.68. The molecule has 0 aliphatic heterocycles. The van der Waals surface area contributed by atoms with E-state index >= 15 is 0 Å². The van der Waals surface area contributed by atoms with Crippen molar-refractivity contribution in [1.82, 2.24) is 5.09 Å². The summed E-state index contributed by atoms with van der Waals surface area (Å²) in [6, 6.07) is 12.5. The summed E-state index contributed by atoms with van der Waals surface area (Å²) < 4.78 is 22.2. The number of rotatable bonds is 6. The molecule has 5 nitrogen and oxygen atoms in total. The van der Waals surface area contributed by atoms with Crippen molar-refractivity contribution >= 4 is 24.9 Å². The van der Waals surface area contributed by atoms with E-state index < -0.39 is 20.2 Å². The average molecular weight is 306 g/mol. The van der Waals surface area contributed by atoms with Crippen LogP contribution in [0.25, 0.3) is 10.8 Å². The number of benzene rings is 2. The van der Waals surface area contributed by atoms with Gasteiger partial charge in [-0.3, -0.25) is 4.79 Å². The van der Waals surface area contributed by atoms with E-state index in [1.165, 1.54) is 0 Å². The Labute approximate surface area is 124 Å². The highest BCUT2D eigenvalue weighted by atomic mass is 31.1. The zero-order valence-electron chi connectivity index (χ0n) is 11.9. The minimum Gasteiger partial charge on any atom is -0.465 e. The molecule has 2 atom stereocenters. The largest absolute Gasteiger partial charge is 0.664 e. The zero-order valence-corrected chi connectivity index (χ0v) is 12.8. The lowest BCUT2D eigenvalue weighted by Crippen LogP contribution is -2.31. The van der Waals surface area contributed by atoms with E-state index in [1.54, 1.807) is 19.9 Å². The quantitative estimate of drug-likeness (QED) is 0.654. The molecule has 0 saturated carbocycles. The number of hydrogen-bond acceptors (Lipinski definition) is 4. The van der Waals surface area contributed by atoms with Crippen LogP contribution >= 0.6 is 8.18 Å². The van der Waals surface area contributed by atoms with Crippen LogP contribution in [0.4, 0.5) is 0 Å². The molecule has 0 aromatic heterocycles. The number of fused-ring (bicyclic) bond motifs is 1. The lowest BCUT2D eigenvalue weighted by Gasteiger charge is -2.05. The summed E-state index contributed by atoms with van der Waals surface area (Å²) in [6.07, 6.45) is 0. The Morgan fingerprint density at radius 3 is 2.71 bits per heavy atom. The number of hydrogen-bond donors (Lipinski definition) is 1. The number of carbonyl (C=O) groups excluding carboxylic acids is 1. The van der Waals surface area contributed by atoms with Crippen LogP contribution in [0.5, 0.6) is 5.75 Å². The second-order valence-electron chi connectivity index (χ2n) is 4.43. The second-order valence-corrected chi connectivity index (χ2v) is 5.38. The molecular weight excluding hydrogens is 289 g/mol. The smallest absolute Gasteiger partial charge is 0.465 e. The molecule has 0 amide bonds. The van der Waals surface area contributed by atoms with Gasteiger partial charge in [-0.05, 0) is 25.3 Å².